The van der Waals surface area contributed by atoms with Crippen LogP contribution in [0.2, 0.25) is 5.02 Å². The standard InChI is InChI=1S/C13H16ClNO3/c1-3-15(4-2)12(18)8-11(17)13-9(14)6-5-7-10(13)16/h5-7,16H,3-4,8H2,1-2H3. The highest BCUT2D eigenvalue weighted by molar-refractivity contribution is 6.34. The first-order valence-electron chi connectivity index (χ1n) is 5.79. The Morgan fingerprint density at radius 3 is 2.39 bits per heavy atom. The molecule has 98 valence electrons. The molecule has 0 aliphatic carbocycles. The minimum Gasteiger partial charge on any atom is -0.507 e. The Balaban J connectivity index is 2.86. The van der Waals surface area contributed by atoms with Crippen LogP contribution in [0.15, 0.2) is 18.2 Å². The molecule has 0 saturated carbocycles. The maximum absolute atomic E-state index is 11.9. The van der Waals surface area contributed by atoms with Gasteiger partial charge in [0.05, 0.1) is 17.0 Å². The summed E-state index contributed by atoms with van der Waals surface area (Å²) in [6, 6.07) is 4.43. The minimum absolute atomic E-state index is 0.0136. The topological polar surface area (TPSA) is 57.6 Å². The molecule has 1 rings (SSSR count). The van der Waals surface area contributed by atoms with Gasteiger partial charge < -0.3 is 10.0 Å². The summed E-state index contributed by atoms with van der Waals surface area (Å²) in [5.41, 5.74) is 0.0136. The summed E-state index contributed by atoms with van der Waals surface area (Å²) in [6.45, 7) is 4.80. The van der Waals surface area contributed by atoms with Gasteiger partial charge in [0.15, 0.2) is 5.78 Å². The molecule has 0 atom stereocenters. The van der Waals surface area contributed by atoms with Crippen LogP contribution < -0.4 is 0 Å². The fourth-order valence-electron chi connectivity index (χ4n) is 1.70. The van der Waals surface area contributed by atoms with Crippen LogP contribution in [0.25, 0.3) is 0 Å². The van der Waals surface area contributed by atoms with E-state index in [1.165, 1.54) is 12.1 Å². The van der Waals surface area contributed by atoms with Crippen molar-refractivity contribution in [1.82, 2.24) is 4.90 Å². The summed E-state index contributed by atoms with van der Waals surface area (Å²) >= 11 is 5.85. The third-order valence-corrected chi connectivity index (χ3v) is 3.01. The number of rotatable bonds is 5. The number of nitrogens with zero attached hydrogens (tertiary/aromatic N) is 1. The molecular formula is C13H16ClNO3. The highest BCUT2D eigenvalue weighted by atomic mass is 35.5. The number of Topliss-reactive ketones (excluding diaryl/α,β-unsaturated/α-hetero) is 1. The van der Waals surface area contributed by atoms with Crippen molar-refractivity contribution < 1.29 is 14.7 Å². The smallest absolute Gasteiger partial charge is 0.230 e. The lowest BCUT2D eigenvalue weighted by Crippen LogP contribution is -2.32. The van der Waals surface area contributed by atoms with Crippen molar-refractivity contribution in [2.75, 3.05) is 13.1 Å². The molecule has 0 aromatic heterocycles. The van der Waals surface area contributed by atoms with Gasteiger partial charge in [-0.1, -0.05) is 17.7 Å². The lowest BCUT2D eigenvalue weighted by Gasteiger charge is -2.18. The first-order chi connectivity index (χ1) is 8.51. The number of benzene rings is 1. The van der Waals surface area contributed by atoms with Crippen LogP contribution in [0.1, 0.15) is 30.6 Å². The van der Waals surface area contributed by atoms with Gasteiger partial charge in [-0.15, -0.1) is 0 Å². The van der Waals surface area contributed by atoms with E-state index in [0.29, 0.717) is 13.1 Å². The first-order valence-corrected chi connectivity index (χ1v) is 6.17. The fraction of sp³-hybridized carbons (Fsp3) is 0.385. The van der Waals surface area contributed by atoms with Crippen molar-refractivity contribution in [2.24, 2.45) is 0 Å². The first kappa shape index (κ1) is 14.5. The van der Waals surface area contributed by atoms with Crippen LogP contribution in [-0.2, 0) is 4.79 Å². The molecule has 0 saturated heterocycles. The third-order valence-electron chi connectivity index (χ3n) is 2.70. The number of hydrogen-bond donors (Lipinski definition) is 1. The van der Waals surface area contributed by atoms with Crippen molar-refractivity contribution >= 4 is 23.3 Å². The average molecular weight is 270 g/mol. The number of carbonyl (C=O) groups is 2. The highest BCUT2D eigenvalue weighted by Crippen LogP contribution is 2.26. The number of phenols is 1. The van der Waals surface area contributed by atoms with E-state index in [0.717, 1.165) is 0 Å². The molecule has 1 aromatic carbocycles. The molecule has 0 radical (unpaired) electrons. The molecule has 18 heavy (non-hydrogen) atoms. The summed E-state index contributed by atoms with van der Waals surface area (Å²) in [5, 5.41) is 9.76. The van der Waals surface area contributed by atoms with E-state index < -0.39 is 5.78 Å². The summed E-state index contributed by atoms with van der Waals surface area (Å²) in [4.78, 5) is 25.3. The van der Waals surface area contributed by atoms with Crippen LogP contribution in [0.3, 0.4) is 0 Å². The van der Waals surface area contributed by atoms with E-state index in [4.69, 9.17) is 11.6 Å². The Hall–Kier alpha value is -1.55. The van der Waals surface area contributed by atoms with E-state index in [1.54, 1.807) is 11.0 Å². The van der Waals surface area contributed by atoms with E-state index >= 15 is 0 Å². The maximum atomic E-state index is 11.9. The molecule has 1 amide bonds. The molecule has 0 fully saturated rings. The lowest BCUT2D eigenvalue weighted by atomic mass is 10.1. The van der Waals surface area contributed by atoms with Gasteiger partial charge in [0, 0.05) is 13.1 Å². The van der Waals surface area contributed by atoms with Gasteiger partial charge in [0.25, 0.3) is 0 Å². The van der Waals surface area contributed by atoms with Crippen LogP contribution in [-0.4, -0.2) is 34.8 Å². The summed E-state index contributed by atoms with van der Waals surface area (Å²) < 4.78 is 0. The number of hydrogen-bond acceptors (Lipinski definition) is 3. The molecule has 5 heteroatoms. The zero-order chi connectivity index (χ0) is 13.7. The summed E-state index contributed by atoms with van der Waals surface area (Å²) in [7, 11) is 0. The van der Waals surface area contributed by atoms with Crippen LogP contribution in [0.5, 0.6) is 5.75 Å². The monoisotopic (exact) mass is 269 g/mol. The van der Waals surface area contributed by atoms with Crippen molar-refractivity contribution in [3.8, 4) is 5.75 Å². The van der Waals surface area contributed by atoms with E-state index in [2.05, 4.69) is 0 Å². The molecule has 0 aliphatic rings. The number of phenolic OH excluding ortho intramolecular Hbond substituents is 1. The molecule has 0 spiro atoms. The normalized spacial score (nSPS) is 10.2. The van der Waals surface area contributed by atoms with Crippen molar-refractivity contribution in [3.05, 3.63) is 28.8 Å². The van der Waals surface area contributed by atoms with Gasteiger partial charge >= 0.3 is 0 Å². The van der Waals surface area contributed by atoms with Crippen molar-refractivity contribution in [2.45, 2.75) is 20.3 Å². The molecule has 1 N–H and O–H groups in total. The van der Waals surface area contributed by atoms with Gasteiger partial charge in [-0.3, -0.25) is 9.59 Å². The molecule has 1 aromatic rings. The Morgan fingerprint density at radius 1 is 1.28 bits per heavy atom. The van der Waals surface area contributed by atoms with Gasteiger partial charge in [0.2, 0.25) is 5.91 Å². The number of carbonyl (C=O) groups excluding carboxylic acids is 2. The number of amides is 1. The van der Waals surface area contributed by atoms with Crippen LogP contribution in [0.4, 0.5) is 0 Å². The second kappa shape index (κ2) is 6.40. The Labute approximate surface area is 111 Å². The molecule has 0 heterocycles. The number of halogens is 1. The zero-order valence-electron chi connectivity index (χ0n) is 10.4. The second-order valence-electron chi connectivity index (χ2n) is 3.80. The molecule has 0 bridgehead atoms. The lowest BCUT2D eigenvalue weighted by molar-refractivity contribution is -0.129. The van der Waals surface area contributed by atoms with Crippen molar-refractivity contribution in [3.63, 3.8) is 0 Å². The van der Waals surface area contributed by atoms with Gasteiger partial charge in [-0.25, -0.2) is 0 Å². The predicted molar refractivity (Wildman–Crippen MR) is 70.0 cm³/mol. The minimum atomic E-state index is -0.463. The Morgan fingerprint density at radius 2 is 1.89 bits per heavy atom. The van der Waals surface area contributed by atoms with Gasteiger partial charge in [-0.2, -0.15) is 0 Å². The highest BCUT2D eigenvalue weighted by Gasteiger charge is 2.20. The fourth-order valence-corrected chi connectivity index (χ4v) is 1.98. The van der Waals surface area contributed by atoms with Gasteiger partial charge in [0.1, 0.15) is 5.75 Å². The second-order valence-corrected chi connectivity index (χ2v) is 4.21. The molecule has 4 nitrogen and oxygen atoms in total. The van der Waals surface area contributed by atoms with Crippen LogP contribution >= 0.6 is 11.6 Å². The van der Waals surface area contributed by atoms with E-state index in [-0.39, 0.29) is 28.7 Å². The molecular weight excluding hydrogens is 254 g/mol. The van der Waals surface area contributed by atoms with Crippen molar-refractivity contribution in [1.29, 1.82) is 0 Å². The zero-order valence-corrected chi connectivity index (χ0v) is 11.2. The Bertz CT molecular complexity index is 435. The number of aromatic hydroxyl groups is 1. The number of ketones is 1. The van der Waals surface area contributed by atoms with Crippen LogP contribution in [0, 0.1) is 0 Å². The quantitative estimate of drug-likeness (QED) is 0.660. The molecule has 0 aliphatic heterocycles. The van der Waals surface area contributed by atoms with E-state index in [1.807, 2.05) is 13.8 Å². The maximum Gasteiger partial charge on any atom is 0.230 e. The van der Waals surface area contributed by atoms with E-state index in [9.17, 15) is 14.7 Å². The third kappa shape index (κ3) is 3.23. The SMILES string of the molecule is CCN(CC)C(=O)CC(=O)c1c(O)cccc1Cl. The summed E-state index contributed by atoms with van der Waals surface area (Å²) in [6.07, 6.45) is -0.279. The largest absolute Gasteiger partial charge is 0.507 e. The Kier molecular flexibility index (Phi) is 5.16. The molecule has 0 unspecified atom stereocenters. The average Bonchev–Trinajstić information content (AvgIpc) is 2.30. The van der Waals surface area contributed by atoms with Gasteiger partial charge in [-0.05, 0) is 26.0 Å². The summed E-state index contributed by atoms with van der Waals surface area (Å²) in [5.74, 6) is -0.917. The predicted octanol–water partition coefficient (Wildman–Crippen LogP) is 2.49.